The Morgan fingerprint density at radius 2 is 2.09 bits per heavy atom. The Bertz CT molecular complexity index is 126. The van der Waals surface area contributed by atoms with Gasteiger partial charge in [-0.15, -0.1) is 0 Å². The molecule has 1 amide bonds. The molecule has 66 valence electrons. The molecule has 1 unspecified atom stereocenters. The van der Waals surface area contributed by atoms with Crippen molar-refractivity contribution in [1.82, 2.24) is 5.32 Å². The van der Waals surface area contributed by atoms with Crippen molar-refractivity contribution in [2.45, 2.75) is 30.9 Å². The molecule has 0 fully saturated rings. The lowest BCUT2D eigenvalue weighted by Crippen LogP contribution is -2.33. The second kappa shape index (κ2) is 5.77. The average Bonchev–Trinajstić information content (AvgIpc) is 1.82. The summed E-state index contributed by atoms with van der Waals surface area (Å²) in [5.41, 5.74) is 0. The van der Waals surface area contributed by atoms with Gasteiger partial charge in [0, 0.05) is 6.04 Å². The van der Waals surface area contributed by atoms with E-state index in [9.17, 15) is 4.79 Å². The van der Waals surface area contributed by atoms with Crippen molar-refractivity contribution >= 4 is 28.5 Å². The molecule has 0 spiro atoms. The van der Waals surface area contributed by atoms with Crippen LogP contribution < -0.4 is 5.32 Å². The van der Waals surface area contributed by atoms with Crippen LogP contribution in [0.1, 0.15) is 20.8 Å². The van der Waals surface area contributed by atoms with Crippen LogP contribution >= 0.6 is 22.6 Å². The maximum Gasteiger partial charge on any atom is 0.246 e. The fraction of sp³-hybridized carbons (Fsp3) is 0.857. The number of amides is 1. The maximum atomic E-state index is 10.9. The van der Waals surface area contributed by atoms with E-state index in [-0.39, 0.29) is 22.7 Å². The number of hydrogen-bond donors (Lipinski definition) is 1. The molecule has 0 aliphatic rings. The third-order valence-electron chi connectivity index (χ3n) is 0.894. The lowest BCUT2D eigenvalue weighted by Gasteiger charge is -2.09. The number of carbonyl (C=O) groups is 1. The summed E-state index contributed by atoms with van der Waals surface area (Å²) in [6.45, 7) is 5.89. The topological polar surface area (TPSA) is 38.3 Å². The molecule has 0 aromatic carbocycles. The minimum atomic E-state index is -0.0523. The first kappa shape index (κ1) is 11.2. The Morgan fingerprint density at radius 1 is 1.55 bits per heavy atom. The Labute approximate surface area is 81.0 Å². The third kappa shape index (κ3) is 8.06. The first-order valence-corrected chi connectivity index (χ1v) is 4.82. The lowest BCUT2D eigenvalue weighted by atomic mass is 10.4. The zero-order chi connectivity index (χ0) is 8.85. The van der Waals surface area contributed by atoms with Gasteiger partial charge in [0.1, 0.15) is 10.7 Å². The van der Waals surface area contributed by atoms with Crippen LogP contribution in [0.5, 0.6) is 0 Å². The van der Waals surface area contributed by atoms with Gasteiger partial charge < -0.3 is 10.1 Å². The van der Waals surface area contributed by atoms with Crippen LogP contribution in [-0.4, -0.2) is 22.7 Å². The summed E-state index contributed by atoms with van der Waals surface area (Å²) in [7, 11) is 0. The molecule has 0 saturated carbocycles. The van der Waals surface area contributed by atoms with Gasteiger partial charge in [-0.3, -0.25) is 4.79 Å². The van der Waals surface area contributed by atoms with Gasteiger partial charge in [0.05, 0.1) is 0 Å². The molecule has 0 aliphatic carbocycles. The monoisotopic (exact) mass is 271 g/mol. The van der Waals surface area contributed by atoms with Crippen molar-refractivity contribution in [3.8, 4) is 0 Å². The molecule has 0 aromatic rings. The molecule has 0 aromatic heterocycles. The fourth-order valence-electron chi connectivity index (χ4n) is 0.554. The summed E-state index contributed by atoms with van der Waals surface area (Å²) in [6, 6.07) is 0.190. The van der Waals surface area contributed by atoms with Crippen molar-refractivity contribution in [3.63, 3.8) is 0 Å². The van der Waals surface area contributed by atoms with E-state index in [1.54, 1.807) is 0 Å². The minimum Gasteiger partial charge on any atom is -0.358 e. The second-order valence-electron chi connectivity index (χ2n) is 2.58. The quantitative estimate of drug-likeness (QED) is 0.618. The number of nitrogens with one attached hydrogen (secondary N) is 1. The zero-order valence-electron chi connectivity index (χ0n) is 7.06. The van der Waals surface area contributed by atoms with Gasteiger partial charge in [0.25, 0.3) is 0 Å². The molecule has 3 nitrogen and oxygen atoms in total. The largest absolute Gasteiger partial charge is 0.358 e. The molecule has 0 aliphatic heterocycles. The standard InChI is InChI=1S/C7H14INO2/c1-5(2)9-7(10)4-11-6(3)8/h5-6H,4H2,1-3H3,(H,9,10). The molecule has 0 bridgehead atoms. The molecular formula is C7H14INO2. The predicted molar refractivity (Wildman–Crippen MR) is 52.7 cm³/mol. The van der Waals surface area contributed by atoms with Gasteiger partial charge >= 0.3 is 0 Å². The molecule has 1 N–H and O–H groups in total. The summed E-state index contributed by atoms with van der Waals surface area (Å²) < 4.78 is 5.17. The molecule has 0 rings (SSSR count). The van der Waals surface area contributed by atoms with Crippen LogP contribution in [0.25, 0.3) is 0 Å². The van der Waals surface area contributed by atoms with E-state index >= 15 is 0 Å². The molecule has 0 heterocycles. The number of carbonyl (C=O) groups excluding carboxylic acids is 1. The Kier molecular flexibility index (Phi) is 5.85. The first-order valence-electron chi connectivity index (χ1n) is 3.57. The van der Waals surface area contributed by atoms with E-state index in [0.717, 1.165) is 0 Å². The fourth-order valence-corrected chi connectivity index (χ4v) is 0.734. The third-order valence-corrected chi connectivity index (χ3v) is 1.25. The number of rotatable bonds is 4. The Morgan fingerprint density at radius 3 is 2.45 bits per heavy atom. The summed E-state index contributed by atoms with van der Waals surface area (Å²) in [5, 5.41) is 2.73. The Hall–Kier alpha value is 0.160. The van der Waals surface area contributed by atoms with Crippen molar-refractivity contribution in [2.24, 2.45) is 0 Å². The second-order valence-corrected chi connectivity index (χ2v) is 4.33. The normalized spacial score (nSPS) is 13.2. The van der Waals surface area contributed by atoms with Gasteiger partial charge in [0.15, 0.2) is 0 Å². The van der Waals surface area contributed by atoms with Crippen LogP contribution in [0, 0.1) is 0 Å². The molecule has 1 atom stereocenters. The molecule has 0 saturated heterocycles. The molecule has 11 heavy (non-hydrogen) atoms. The van der Waals surface area contributed by atoms with Gasteiger partial charge in [-0.2, -0.15) is 0 Å². The van der Waals surface area contributed by atoms with Crippen molar-refractivity contribution in [1.29, 1.82) is 0 Å². The van der Waals surface area contributed by atoms with Gasteiger partial charge in [-0.25, -0.2) is 0 Å². The van der Waals surface area contributed by atoms with E-state index in [1.807, 2.05) is 20.8 Å². The highest BCUT2D eigenvalue weighted by Crippen LogP contribution is 1.98. The number of ether oxygens (including phenoxy) is 1. The SMILES string of the molecule is CC(C)NC(=O)COC(C)I. The maximum absolute atomic E-state index is 10.9. The molecule has 0 radical (unpaired) electrons. The zero-order valence-corrected chi connectivity index (χ0v) is 9.21. The lowest BCUT2D eigenvalue weighted by molar-refractivity contribution is -0.126. The summed E-state index contributed by atoms with van der Waals surface area (Å²) >= 11 is 2.11. The smallest absolute Gasteiger partial charge is 0.246 e. The highest BCUT2D eigenvalue weighted by molar-refractivity contribution is 14.1. The first-order chi connectivity index (χ1) is 5.02. The molecular weight excluding hydrogens is 257 g/mol. The summed E-state index contributed by atoms with van der Waals surface area (Å²) in [5.74, 6) is -0.0523. The Balaban J connectivity index is 3.38. The number of hydrogen-bond acceptors (Lipinski definition) is 2. The van der Waals surface area contributed by atoms with E-state index in [0.29, 0.717) is 0 Å². The van der Waals surface area contributed by atoms with E-state index in [1.165, 1.54) is 0 Å². The van der Waals surface area contributed by atoms with Gasteiger partial charge in [0.2, 0.25) is 5.91 Å². The van der Waals surface area contributed by atoms with Crippen molar-refractivity contribution in [2.75, 3.05) is 6.61 Å². The highest BCUT2D eigenvalue weighted by atomic mass is 127. The van der Waals surface area contributed by atoms with Gasteiger partial charge in [-0.05, 0) is 20.8 Å². The van der Waals surface area contributed by atoms with E-state index in [2.05, 4.69) is 27.9 Å². The summed E-state index contributed by atoms with van der Waals surface area (Å²) in [4.78, 5) is 10.9. The van der Waals surface area contributed by atoms with Crippen molar-refractivity contribution in [3.05, 3.63) is 0 Å². The van der Waals surface area contributed by atoms with Gasteiger partial charge in [-0.1, -0.05) is 22.6 Å². The van der Waals surface area contributed by atoms with Crippen LogP contribution in [0.4, 0.5) is 0 Å². The average molecular weight is 271 g/mol. The highest BCUT2D eigenvalue weighted by Gasteiger charge is 2.04. The van der Waals surface area contributed by atoms with E-state index in [4.69, 9.17) is 4.74 Å². The predicted octanol–water partition coefficient (Wildman–Crippen LogP) is 1.31. The summed E-state index contributed by atoms with van der Waals surface area (Å²) in [6.07, 6.45) is 0. The van der Waals surface area contributed by atoms with Crippen LogP contribution in [0.2, 0.25) is 0 Å². The van der Waals surface area contributed by atoms with Crippen molar-refractivity contribution < 1.29 is 9.53 Å². The van der Waals surface area contributed by atoms with Crippen LogP contribution in [0.15, 0.2) is 0 Å². The molecule has 4 heteroatoms. The number of halogens is 1. The minimum absolute atomic E-state index is 0.0523. The number of alkyl halides is 1. The van der Waals surface area contributed by atoms with E-state index < -0.39 is 0 Å². The van der Waals surface area contributed by atoms with Crippen LogP contribution in [-0.2, 0) is 9.53 Å². The van der Waals surface area contributed by atoms with Crippen LogP contribution in [0.3, 0.4) is 0 Å².